The van der Waals surface area contributed by atoms with Crippen LogP contribution in [-0.2, 0) is 39.9 Å². The first-order valence-electron chi connectivity index (χ1n) is 19.5. The molecule has 16 nitrogen and oxygen atoms in total. The molecule has 2 aromatic rings. The number of aliphatic hydroxyl groups excluding tert-OH is 1. The van der Waals surface area contributed by atoms with Crippen LogP contribution in [0.3, 0.4) is 0 Å². The highest BCUT2D eigenvalue weighted by Gasteiger charge is 2.47. The molecule has 4 saturated heterocycles. The van der Waals surface area contributed by atoms with Gasteiger partial charge in [0.25, 0.3) is 0 Å². The Morgan fingerprint density at radius 2 is 1.57 bits per heavy atom. The van der Waals surface area contributed by atoms with Crippen LogP contribution in [0.2, 0.25) is 0 Å². The van der Waals surface area contributed by atoms with Crippen molar-refractivity contribution in [3.63, 3.8) is 0 Å². The highest BCUT2D eigenvalue weighted by molar-refractivity contribution is 5.98. The molecule has 4 heterocycles. The van der Waals surface area contributed by atoms with Crippen molar-refractivity contribution < 1.29 is 52.2 Å². The van der Waals surface area contributed by atoms with E-state index >= 15 is 0 Å². The minimum absolute atomic E-state index is 0.00757. The first-order chi connectivity index (χ1) is 27.6. The standard InChI is InChI=1S/C40H49F2N7O9/c1-21-7-9-27(10-8-21)44-40(57)46-29(15-24-13-25(41)16-26(42)14-24)34(51)45-30-20-58-39(56)33-12-22(2)18-48(33)36(53)23(3)43-35(52)31-6-4-5-11-47(31)38(55)32-17-28(50)19-49(32)37(30)54/h7-10,13-14,16,22-23,28-33,50H,4-6,11-12,15,17-20H2,1-3H3,(H,43,52)(H,45,51)(H2,44,46,57)/t22-,23+,28-,29+,30+,31+,32+,33+/m1/s1. The van der Waals surface area contributed by atoms with E-state index in [-0.39, 0.29) is 50.4 Å². The van der Waals surface area contributed by atoms with Crippen LogP contribution in [0.25, 0.3) is 0 Å². The average molecular weight is 810 g/mol. The van der Waals surface area contributed by atoms with Gasteiger partial charge in [-0.3, -0.25) is 24.0 Å². The number of nitrogens with zero attached hydrogens (tertiary/aromatic N) is 3. The van der Waals surface area contributed by atoms with Crippen LogP contribution in [0.1, 0.15) is 57.1 Å². The van der Waals surface area contributed by atoms with Gasteiger partial charge in [0, 0.05) is 44.2 Å². The Morgan fingerprint density at radius 3 is 2.28 bits per heavy atom. The third-order valence-electron chi connectivity index (χ3n) is 11.0. The summed E-state index contributed by atoms with van der Waals surface area (Å²) in [5.41, 5.74) is 1.29. The Bertz CT molecular complexity index is 1910. The van der Waals surface area contributed by atoms with Crippen LogP contribution < -0.4 is 21.3 Å². The van der Waals surface area contributed by atoms with Crippen LogP contribution in [0.5, 0.6) is 0 Å². The number of ether oxygens (including phenoxy) is 1. The SMILES string of the molecule is Cc1ccc(NC(=O)N[C@@H](Cc2cc(F)cc(F)c2)C(=O)N[C@H]2COC(=O)[C@@H]3C[C@@H](C)CN3C(=O)[C@H](C)NC(=O)[C@@H]3CCCCN3C(=O)[C@@H]3C[C@@H](O)CN3C2=O)cc1. The zero-order valence-electron chi connectivity index (χ0n) is 32.5. The van der Waals surface area contributed by atoms with Gasteiger partial charge >= 0.3 is 12.0 Å². The van der Waals surface area contributed by atoms with Gasteiger partial charge in [-0.1, -0.05) is 24.6 Å². The lowest BCUT2D eigenvalue weighted by Crippen LogP contribution is -2.62. The van der Waals surface area contributed by atoms with E-state index in [2.05, 4.69) is 21.3 Å². The molecule has 0 radical (unpaired) electrons. The molecule has 0 spiro atoms. The van der Waals surface area contributed by atoms with Crippen molar-refractivity contribution >= 4 is 47.2 Å². The van der Waals surface area contributed by atoms with E-state index in [1.165, 1.54) is 16.7 Å². The molecular formula is C40H49F2N7O9. The third-order valence-corrected chi connectivity index (χ3v) is 11.0. The second-order valence-electron chi connectivity index (χ2n) is 15.7. The number of nitrogens with one attached hydrogen (secondary N) is 4. The van der Waals surface area contributed by atoms with Gasteiger partial charge < -0.3 is 45.8 Å². The highest BCUT2D eigenvalue weighted by Crippen LogP contribution is 2.28. The Labute approximate surface area is 334 Å². The lowest BCUT2D eigenvalue weighted by atomic mass is 9.99. The lowest BCUT2D eigenvalue weighted by Gasteiger charge is -2.39. The van der Waals surface area contributed by atoms with Crippen molar-refractivity contribution in [3.8, 4) is 0 Å². The third kappa shape index (κ3) is 9.71. The minimum atomic E-state index is -1.71. The number of fused-ring (bicyclic) bond motifs is 3. The largest absolute Gasteiger partial charge is 0.461 e. The normalized spacial score (nSPS) is 27.5. The fourth-order valence-electron chi connectivity index (χ4n) is 8.13. The predicted molar refractivity (Wildman–Crippen MR) is 202 cm³/mol. The van der Waals surface area contributed by atoms with E-state index in [1.54, 1.807) is 24.3 Å². The molecule has 0 unspecified atom stereocenters. The average Bonchev–Trinajstić information content (AvgIpc) is 3.77. The molecule has 7 amide bonds. The number of carbonyl (C=O) groups excluding carboxylic acids is 7. The van der Waals surface area contributed by atoms with Crippen molar-refractivity contribution in [2.24, 2.45) is 5.92 Å². The molecule has 2 aromatic carbocycles. The number of piperidine rings is 1. The molecule has 58 heavy (non-hydrogen) atoms. The summed E-state index contributed by atoms with van der Waals surface area (Å²) < 4.78 is 34.2. The smallest absolute Gasteiger partial charge is 0.328 e. The molecule has 4 aliphatic heterocycles. The summed E-state index contributed by atoms with van der Waals surface area (Å²) in [6, 6.07) is 0.824. The topological polar surface area (TPSA) is 207 Å². The molecule has 4 aliphatic rings. The number of urea groups is 1. The maximum Gasteiger partial charge on any atom is 0.328 e. The van der Waals surface area contributed by atoms with Gasteiger partial charge in [0.05, 0.1) is 6.10 Å². The number of benzene rings is 2. The summed E-state index contributed by atoms with van der Waals surface area (Å²) in [5.74, 6) is -6.54. The fourth-order valence-corrected chi connectivity index (χ4v) is 8.13. The molecule has 8 atom stereocenters. The molecule has 0 aromatic heterocycles. The van der Waals surface area contributed by atoms with Crippen LogP contribution in [0.4, 0.5) is 19.3 Å². The molecule has 0 saturated carbocycles. The quantitative estimate of drug-likeness (QED) is 0.265. The van der Waals surface area contributed by atoms with Gasteiger partial charge in [0.1, 0.15) is 54.5 Å². The van der Waals surface area contributed by atoms with E-state index in [0.29, 0.717) is 24.6 Å². The molecule has 18 heteroatoms. The van der Waals surface area contributed by atoms with Gasteiger partial charge in [-0.05, 0) is 75.3 Å². The zero-order valence-corrected chi connectivity index (χ0v) is 32.5. The van der Waals surface area contributed by atoms with Crippen LogP contribution >= 0.6 is 0 Å². The maximum absolute atomic E-state index is 14.5. The second kappa shape index (κ2) is 17.9. The number of amides is 7. The predicted octanol–water partition coefficient (Wildman–Crippen LogP) is 1.13. The van der Waals surface area contributed by atoms with Gasteiger partial charge in [0.15, 0.2) is 0 Å². The van der Waals surface area contributed by atoms with E-state index in [4.69, 9.17) is 4.74 Å². The number of halogens is 2. The van der Waals surface area contributed by atoms with Crippen LogP contribution in [0, 0.1) is 24.5 Å². The number of esters is 1. The maximum atomic E-state index is 14.5. The molecule has 4 fully saturated rings. The van der Waals surface area contributed by atoms with Crippen molar-refractivity contribution in [1.29, 1.82) is 0 Å². The lowest BCUT2D eigenvalue weighted by molar-refractivity contribution is -0.158. The monoisotopic (exact) mass is 809 g/mol. The van der Waals surface area contributed by atoms with E-state index in [9.17, 15) is 47.4 Å². The van der Waals surface area contributed by atoms with E-state index in [0.717, 1.165) is 22.6 Å². The first-order valence-corrected chi connectivity index (χ1v) is 19.5. The van der Waals surface area contributed by atoms with Gasteiger partial charge in [-0.2, -0.15) is 0 Å². The van der Waals surface area contributed by atoms with Crippen molar-refractivity contribution in [1.82, 2.24) is 30.7 Å². The van der Waals surface area contributed by atoms with Crippen LogP contribution in [-0.4, -0.2) is 130 Å². The number of hydrogen-bond donors (Lipinski definition) is 5. The first kappa shape index (κ1) is 42.0. The second-order valence-corrected chi connectivity index (χ2v) is 15.7. The number of anilines is 1. The molecular weight excluding hydrogens is 760 g/mol. The zero-order chi connectivity index (χ0) is 41.8. The number of hydrogen-bond acceptors (Lipinski definition) is 9. The van der Waals surface area contributed by atoms with E-state index in [1.807, 2.05) is 13.8 Å². The number of rotatable bonds is 6. The van der Waals surface area contributed by atoms with Crippen molar-refractivity contribution in [3.05, 3.63) is 65.2 Å². The van der Waals surface area contributed by atoms with Gasteiger partial charge in [-0.25, -0.2) is 18.4 Å². The number of aryl methyl sites for hydroxylation is 1. The number of carbonyl (C=O) groups is 7. The molecule has 0 aliphatic carbocycles. The number of aliphatic hydroxyl groups is 1. The highest BCUT2D eigenvalue weighted by atomic mass is 19.1. The van der Waals surface area contributed by atoms with Crippen LogP contribution in [0.15, 0.2) is 42.5 Å². The summed E-state index contributed by atoms with van der Waals surface area (Å²) in [6.45, 7) is 4.43. The summed E-state index contributed by atoms with van der Waals surface area (Å²) in [7, 11) is 0. The Kier molecular flexibility index (Phi) is 12.9. The fraction of sp³-hybridized carbons (Fsp3) is 0.525. The van der Waals surface area contributed by atoms with E-state index < -0.39 is 109 Å². The summed E-state index contributed by atoms with van der Waals surface area (Å²) in [4.78, 5) is 101. The minimum Gasteiger partial charge on any atom is -0.461 e. The van der Waals surface area contributed by atoms with Crippen molar-refractivity contribution in [2.45, 2.75) is 102 Å². The Hall–Kier alpha value is -5.65. The molecule has 6 rings (SSSR count). The summed E-state index contributed by atoms with van der Waals surface area (Å²) >= 11 is 0. The molecule has 0 bridgehead atoms. The Morgan fingerprint density at radius 1 is 0.879 bits per heavy atom. The molecule has 312 valence electrons. The summed E-state index contributed by atoms with van der Waals surface area (Å²) in [5, 5.41) is 21.1. The number of cyclic esters (lactones) is 1. The van der Waals surface area contributed by atoms with Crippen molar-refractivity contribution in [2.75, 3.05) is 31.6 Å². The van der Waals surface area contributed by atoms with Gasteiger partial charge in [-0.15, -0.1) is 0 Å². The van der Waals surface area contributed by atoms with Gasteiger partial charge in [0.2, 0.25) is 29.5 Å². The Balaban J connectivity index is 1.33. The summed E-state index contributed by atoms with van der Waals surface area (Å²) in [6.07, 6.45) is -0.105. The molecule has 5 N–H and O–H groups in total.